The minimum absolute atomic E-state index is 0.0470. The van der Waals surface area contributed by atoms with Crippen molar-refractivity contribution in [3.63, 3.8) is 0 Å². The Morgan fingerprint density at radius 1 is 1.11 bits per heavy atom. The van der Waals surface area contributed by atoms with Gasteiger partial charge >= 0.3 is 0 Å². The number of carbonyl (C=O) groups is 1. The van der Waals surface area contributed by atoms with E-state index in [-0.39, 0.29) is 10.8 Å². The second-order valence-corrected chi connectivity index (χ2v) is 9.58. The Kier molecular flexibility index (Phi) is 6.34. The molecule has 0 aliphatic heterocycles. The maximum Gasteiger partial charge on any atom is 0.252 e. The summed E-state index contributed by atoms with van der Waals surface area (Å²) in [7, 11) is -3.45. The average Bonchev–Trinajstić information content (AvgIpc) is 3.11. The molecule has 0 bridgehead atoms. The van der Waals surface area contributed by atoms with Crippen LogP contribution in [0.15, 0.2) is 34.5 Å². The van der Waals surface area contributed by atoms with Gasteiger partial charge in [-0.15, -0.1) is 11.3 Å². The minimum atomic E-state index is -3.45. The van der Waals surface area contributed by atoms with Gasteiger partial charge in [-0.3, -0.25) is 4.79 Å². The van der Waals surface area contributed by atoms with Gasteiger partial charge in [0.15, 0.2) is 0 Å². The Labute approximate surface area is 165 Å². The van der Waals surface area contributed by atoms with Crippen molar-refractivity contribution in [1.82, 2.24) is 9.62 Å². The number of amides is 1. The van der Waals surface area contributed by atoms with E-state index in [0.29, 0.717) is 19.6 Å². The first-order valence-corrected chi connectivity index (χ1v) is 11.8. The summed E-state index contributed by atoms with van der Waals surface area (Å²) < 4.78 is 26.5. The molecular weight excluding hydrogens is 380 g/mol. The molecule has 0 saturated heterocycles. The highest BCUT2D eigenvalue weighted by atomic mass is 32.2. The topological polar surface area (TPSA) is 66.5 Å². The quantitative estimate of drug-likeness (QED) is 0.764. The van der Waals surface area contributed by atoms with Crippen LogP contribution in [0, 0.1) is 0 Å². The molecule has 0 fully saturated rings. The summed E-state index contributed by atoms with van der Waals surface area (Å²) in [4.78, 5) is 14.2. The number of nitrogens with one attached hydrogen (secondary N) is 1. The number of thiophene rings is 1. The average molecular weight is 407 g/mol. The molecule has 0 atom stereocenters. The van der Waals surface area contributed by atoms with Gasteiger partial charge in [0, 0.05) is 29.9 Å². The van der Waals surface area contributed by atoms with Crippen molar-refractivity contribution in [3.8, 4) is 0 Å². The van der Waals surface area contributed by atoms with Crippen molar-refractivity contribution >= 4 is 27.3 Å². The van der Waals surface area contributed by atoms with Crippen molar-refractivity contribution in [1.29, 1.82) is 0 Å². The van der Waals surface area contributed by atoms with Gasteiger partial charge in [-0.1, -0.05) is 26.0 Å². The van der Waals surface area contributed by atoms with E-state index in [0.717, 1.165) is 30.4 Å². The molecule has 7 heteroatoms. The molecular formula is C20H26N2O3S2. The SMILES string of the molecule is CCN(CC)S(=O)(=O)c1ccc(CNC(=O)c2csc3c2CCCC3)cc1. The van der Waals surface area contributed by atoms with Crippen LogP contribution in [0.25, 0.3) is 0 Å². The summed E-state index contributed by atoms with van der Waals surface area (Å²) in [5, 5.41) is 4.93. The maximum atomic E-state index is 12.5. The summed E-state index contributed by atoms with van der Waals surface area (Å²) in [6.07, 6.45) is 4.42. The summed E-state index contributed by atoms with van der Waals surface area (Å²) in [6, 6.07) is 6.75. The highest BCUT2D eigenvalue weighted by Gasteiger charge is 2.22. The molecule has 2 aromatic rings. The maximum absolute atomic E-state index is 12.5. The number of sulfonamides is 1. The second kappa shape index (κ2) is 8.54. The van der Waals surface area contributed by atoms with Crippen molar-refractivity contribution < 1.29 is 13.2 Å². The predicted molar refractivity (Wildman–Crippen MR) is 109 cm³/mol. The first-order chi connectivity index (χ1) is 13.0. The fraction of sp³-hybridized carbons (Fsp3) is 0.450. The first kappa shape index (κ1) is 20.0. The van der Waals surface area contributed by atoms with Gasteiger partial charge in [0.2, 0.25) is 10.0 Å². The van der Waals surface area contributed by atoms with E-state index in [2.05, 4.69) is 5.32 Å². The molecule has 27 heavy (non-hydrogen) atoms. The zero-order valence-corrected chi connectivity index (χ0v) is 17.5. The number of benzene rings is 1. The number of fused-ring (bicyclic) bond motifs is 1. The van der Waals surface area contributed by atoms with Crippen LogP contribution in [-0.2, 0) is 29.4 Å². The van der Waals surface area contributed by atoms with E-state index in [1.165, 1.54) is 21.2 Å². The highest BCUT2D eigenvalue weighted by Crippen LogP contribution is 2.30. The number of hydrogen-bond donors (Lipinski definition) is 1. The third kappa shape index (κ3) is 4.25. The predicted octanol–water partition coefficient (Wildman–Crippen LogP) is 3.59. The second-order valence-electron chi connectivity index (χ2n) is 6.67. The lowest BCUT2D eigenvalue weighted by Crippen LogP contribution is -2.30. The molecule has 1 aromatic heterocycles. The Morgan fingerprint density at radius 2 is 1.78 bits per heavy atom. The molecule has 1 heterocycles. The summed E-state index contributed by atoms with van der Waals surface area (Å²) in [5.41, 5.74) is 2.89. The lowest BCUT2D eigenvalue weighted by Gasteiger charge is -2.18. The summed E-state index contributed by atoms with van der Waals surface area (Å²) in [5.74, 6) is -0.0470. The number of hydrogen-bond acceptors (Lipinski definition) is 4. The highest BCUT2D eigenvalue weighted by molar-refractivity contribution is 7.89. The molecule has 1 aliphatic carbocycles. The first-order valence-electron chi connectivity index (χ1n) is 9.43. The summed E-state index contributed by atoms with van der Waals surface area (Å²) in [6.45, 7) is 4.93. The van der Waals surface area contributed by atoms with Gasteiger partial charge in [0.1, 0.15) is 0 Å². The molecule has 0 unspecified atom stereocenters. The normalized spacial score (nSPS) is 14.2. The fourth-order valence-corrected chi connectivity index (χ4v) is 6.04. The van der Waals surface area contributed by atoms with Gasteiger partial charge in [-0.25, -0.2) is 8.42 Å². The monoisotopic (exact) mass is 406 g/mol. The van der Waals surface area contributed by atoms with Gasteiger partial charge in [0.25, 0.3) is 5.91 Å². The van der Waals surface area contributed by atoms with Crippen LogP contribution in [0.2, 0.25) is 0 Å². The van der Waals surface area contributed by atoms with Crippen molar-refractivity contribution in [2.45, 2.75) is 51.0 Å². The largest absolute Gasteiger partial charge is 0.348 e. The van der Waals surface area contributed by atoms with Crippen LogP contribution in [0.4, 0.5) is 0 Å². The molecule has 3 rings (SSSR count). The molecule has 1 amide bonds. The van der Waals surface area contributed by atoms with Crippen LogP contribution >= 0.6 is 11.3 Å². The van der Waals surface area contributed by atoms with Crippen molar-refractivity contribution in [2.75, 3.05) is 13.1 Å². The molecule has 0 saturated carbocycles. The summed E-state index contributed by atoms with van der Waals surface area (Å²) >= 11 is 1.68. The van der Waals surface area contributed by atoms with E-state index in [1.807, 2.05) is 19.2 Å². The molecule has 1 aromatic carbocycles. The van der Waals surface area contributed by atoms with Gasteiger partial charge in [0.05, 0.1) is 10.5 Å². The Balaban J connectivity index is 1.65. The van der Waals surface area contributed by atoms with Gasteiger partial charge in [-0.05, 0) is 48.9 Å². The van der Waals surface area contributed by atoms with E-state index in [1.54, 1.807) is 35.6 Å². The van der Waals surface area contributed by atoms with Gasteiger partial charge in [-0.2, -0.15) is 4.31 Å². The zero-order chi connectivity index (χ0) is 19.4. The van der Waals surface area contributed by atoms with Crippen LogP contribution in [-0.4, -0.2) is 31.7 Å². The van der Waals surface area contributed by atoms with Crippen LogP contribution < -0.4 is 5.32 Å². The number of aryl methyl sites for hydroxylation is 1. The molecule has 1 aliphatic rings. The lowest BCUT2D eigenvalue weighted by atomic mass is 9.95. The zero-order valence-electron chi connectivity index (χ0n) is 15.8. The molecule has 1 N–H and O–H groups in total. The third-order valence-corrected chi connectivity index (χ3v) is 8.18. The lowest BCUT2D eigenvalue weighted by molar-refractivity contribution is 0.0950. The molecule has 0 radical (unpaired) electrons. The Hall–Kier alpha value is -1.70. The number of nitrogens with zero attached hydrogens (tertiary/aromatic N) is 1. The smallest absolute Gasteiger partial charge is 0.252 e. The Bertz CT molecular complexity index is 898. The Morgan fingerprint density at radius 3 is 2.44 bits per heavy atom. The van der Waals surface area contributed by atoms with E-state index in [9.17, 15) is 13.2 Å². The molecule has 5 nitrogen and oxygen atoms in total. The fourth-order valence-electron chi connectivity index (χ4n) is 3.45. The van der Waals surface area contributed by atoms with E-state index in [4.69, 9.17) is 0 Å². The van der Waals surface area contributed by atoms with Gasteiger partial charge < -0.3 is 5.32 Å². The number of carbonyl (C=O) groups excluding carboxylic acids is 1. The van der Waals surface area contributed by atoms with Crippen LogP contribution in [0.3, 0.4) is 0 Å². The van der Waals surface area contributed by atoms with Crippen LogP contribution in [0.5, 0.6) is 0 Å². The standard InChI is InChI=1S/C20H26N2O3S2/c1-3-22(4-2)27(24,25)16-11-9-15(10-12-16)13-21-20(23)18-14-26-19-8-6-5-7-17(18)19/h9-12,14H,3-8,13H2,1-2H3,(H,21,23). The van der Waals surface area contributed by atoms with Crippen molar-refractivity contribution in [3.05, 3.63) is 51.2 Å². The third-order valence-electron chi connectivity index (χ3n) is 5.03. The van der Waals surface area contributed by atoms with E-state index >= 15 is 0 Å². The van der Waals surface area contributed by atoms with Crippen molar-refractivity contribution in [2.24, 2.45) is 0 Å². The van der Waals surface area contributed by atoms with E-state index < -0.39 is 10.0 Å². The molecule has 0 spiro atoms. The number of rotatable bonds is 7. The van der Waals surface area contributed by atoms with Crippen LogP contribution in [0.1, 0.15) is 53.1 Å². The molecule has 146 valence electrons. The minimum Gasteiger partial charge on any atom is -0.348 e.